The van der Waals surface area contributed by atoms with Crippen molar-refractivity contribution in [1.82, 2.24) is 5.32 Å². The van der Waals surface area contributed by atoms with Gasteiger partial charge in [-0.1, -0.05) is 57.8 Å². The van der Waals surface area contributed by atoms with Gasteiger partial charge in [-0.15, -0.1) is 0 Å². The highest BCUT2D eigenvalue weighted by Crippen LogP contribution is 2.34. The minimum atomic E-state index is 0.184. The van der Waals surface area contributed by atoms with Crippen molar-refractivity contribution < 1.29 is 4.74 Å². The summed E-state index contributed by atoms with van der Waals surface area (Å²) in [6, 6.07) is 0.738. The monoisotopic (exact) mass is 281 g/mol. The molecule has 2 aliphatic carbocycles. The zero-order chi connectivity index (χ0) is 14.1. The molecule has 0 bridgehead atoms. The number of hydrogen-bond acceptors (Lipinski definition) is 2. The smallest absolute Gasteiger partial charge is 0.0802 e. The number of rotatable bonds is 4. The fourth-order valence-corrected chi connectivity index (χ4v) is 3.72. The average Bonchev–Trinajstić information content (AvgIpc) is 2.40. The lowest BCUT2D eigenvalue weighted by Crippen LogP contribution is -2.50. The van der Waals surface area contributed by atoms with Crippen LogP contribution in [0.25, 0.3) is 0 Å². The largest absolute Gasteiger partial charge is 0.377 e. The molecule has 2 fully saturated rings. The number of hydrogen-bond donors (Lipinski definition) is 1. The van der Waals surface area contributed by atoms with Crippen LogP contribution >= 0.6 is 0 Å². The van der Waals surface area contributed by atoms with Crippen molar-refractivity contribution >= 4 is 0 Å². The van der Waals surface area contributed by atoms with E-state index >= 15 is 0 Å². The molecule has 0 amide bonds. The van der Waals surface area contributed by atoms with Gasteiger partial charge in [0.2, 0.25) is 0 Å². The van der Waals surface area contributed by atoms with Crippen LogP contribution < -0.4 is 5.32 Å². The second-order valence-electron chi connectivity index (χ2n) is 7.08. The molecule has 0 aromatic heterocycles. The van der Waals surface area contributed by atoms with Crippen LogP contribution in [0, 0.1) is 0 Å². The van der Waals surface area contributed by atoms with Crippen molar-refractivity contribution in [2.24, 2.45) is 0 Å². The zero-order valence-electron chi connectivity index (χ0n) is 13.6. The summed E-state index contributed by atoms with van der Waals surface area (Å²) in [6.07, 6.45) is 19.6. The first-order chi connectivity index (χ1) is 9.85. The molecule has 2 aliphatic rings. The molecule has 0 aromatic rings. The van der Waals surface area contributed by atoms with E-state index in [0.29, 0.717) is 0 Å². The van der Waals surface area contributed by atoms with Crippen molar-refractivity contribution in [3.63, 3.8) is 0 Å². The molecule has 0 spiro atoms. The molecule has 0 aromatic carbocycles. The Hall–Kier alpha value is -0.0800. The second kappa shape index (κ2) is 9.04. The molecule has 118 valence electrons. The Labute approximate surface area is 126 Å². The summed E-state index contributed by atoms with van der Waals surface area (Å²) in [4.78, 5) is 0. The highest BCUT2D eigenvalue weighted by molar-refractivity contribution is 4.92. The quantitative estimate of drug-likeness (QED) is 0.798. The van der Waals surface area contributed by atoms with Gasteiger partial charge < -0.3 is 10.1 Å². The highest BCUT2D eigenvalue weighted by atomic mass is 16.5. The molecular weight excluding hydrogens is 246 g/mol. The Balaban J connectivity index is 1.71. The summed E-state index contributed by atoms with van der Waals surface area (Å²) in [5, 5.41) is 3.84. The standard InChI is InChI=1S/C18H35NO/c1-20-18(14-11-15-18)16-19-17-12-9-7-5-3-2-4-6-8-10-13-17/h17,19H,2-16H2,1H3. The fraction of sp³-hybridized carbons (Fsp3) is 1.00. The maximum absolute atomic E-state index is 5.74. The first kappa shape index (κ1) is 16.3. The molecule has 2 nitrogen and oxygen atoms in total. The highest BCUT2D eigenvalue weighted by Gasteiger charge is 2.36. The van der Waals surface area contributed by atoms with E-state index in [1.807, 2.05) is 7.11 Å². The molecule has 2 heteroatoms. The second-order valence-corrected chi connectivity index (χ2v) is 7.08. The van der Waals surface area contributed by atoms with Crippen LogP contribution in [0.3, 0.4) is 0 Å². The molecule has 2 rings (SSSR count). The maximum atomic E-state index is 5.74. The van der Waals surface area contributed by atoms with E-state index in [2.05, 4.69) is 5.32 Å². The Bertz CT molecular complexity index is 232. The third-order valence-electron chi connectivity index (χ3n) is 5.52. The van der Waals surface area contributed by atoms with E-state index in [-0.39, 0.29) is 5.60 Å². The SMILES string of the molecule is COC1(CNC2CCCCCCCCCCC2)CCC1. The Morgan fingerprint density at radius 3 is 1.70 bits per heavy atom. The molecule has 1 N–H and O–H groups in total. The summed E-state index contributed by atoms with van der Waals surface area (Å²) in [5.41, 5.74) is 0.184. The predicted molar refractivity (Wildman–Crippen MR) is 86.2 cm³/mol. The van der Waals surface area contributed by atoms with Crippen LogP contribution in [0.5, 0.6) is 0 Å². The van der Waals surface area contributed by atoms with Crippen molar-refractivity contribution in [2.75, 3.05) is 13.7 Å². The van der Waals surface area contributed by atoms with Crippen molar-refractivity contribution in [3.8, 4) is 0 Å². The first-order valence-corrected chi connectivity index (χ1v) is 9.13. The predicted octanol–water partition coefficient (Wildman–Crippen LogP) is 4.82. The molecule has 0 saturated heterocycles. The summed E-state index contributed by atoms with van der Waals surface area (Å²) in [5.74, 6) is 0. The Morgan fingerprint density at radius 2 is 1.30 bits per heavy atom. The van der Waals surface area contributed by atoms with E-state index in [0.717, 1.165) is 12.6 Å². The van der Waals surface area contributed by atoms with Crippen molar-refractivity contribution in [1.29, 1.82) is 0 Å². The molecule has 20 heavy (non-hydrogen) atoms. The van der Waals surface area contributed by atoms with Crippen LogP contribution in [0.2, 0.25) is 0 Å². The average molecular weight is 281 g/mol. The van der Waals surface area contributed by atoms with Gasteiger partial charge in [0.25, 0.3) is 0 Å². The molecule has 0 atom stereocenters. The van der Waals surface area contributed by atoms with Crippen molar-refractivity contribution in [2.45, 2.75) is 102 Å². The zero-order valence-corrected chi connectivity index (χ0v) is 13.6. The maximum Gasteiger partial charge on any atom is 0.0802 e. The third kappa shape index (κ3) is 5.37. The van der Waals surface area contributed by atoms with Gasteiger partial charge >= 0.3 is 0 Å². The lowest BCUT2D eigenvalue weighted by atomic mass is 9.79. The summed E-state index contributed by atoms with van der Waals surface area (Å²) in [7, 11) is 1.89. The summed E-state index contributed by atoms with van der Waals surface area (Å²) < 4.78 is 5.74. The van der Waals surface area contributed by atoms with Gasteiger partial charge in [-0.2, -0.15) is 0 Å². The van der Waals surface area contributed by atoms with E-state index in [1.165, 1.54) is 89.9 Å². The van der Waals surface area contributed by atoms with Gasteiger partial charge in [0, 0.05) is 19.7 Å². The fourth-order valence-electron chi connectivity index (χ4n) is 3.72. The first-order valence-electron chi connectivity index (χ1n) is 9.13. The molecule has 0 aliphatic heterocycles. The summed E-state index contributed by atoms with van der Waals surface area (Å²) >= 11 is 0. The number of ether oxygens (including phenoxy) is 1. The van der Waals surface area contributed by atoms with E-state index in [1.54, 1.807) is 0 Å². The number of methoxy groups -OCH3 is 1. The lowest BCUT2D eigenvalue weighted by molar-refractivity contribution is -0.0711. The van der Waals surface area contributed by atoms with Gasteiger partial charge in [0.1, 0.15) is 0 Å². The van der Waals surface area contributed by atoms with Gasteiger partial charge in [0.15, 0.2) is 0 Å². The van der Waals surface area contributed by atoms with Crippen LogP contribution in [-0.2, 0) is 4.74 Å². The van der Waals surface area contributed by atoms with Crippen LogP contribution in [-0.4, -0.2) is 25.3 Å². The van der Waals surface area contributed by atoms with Gasteiger partial charge in [-0.05, 0) is 32.1 Å². The van der Waals surface area contributed by atoms with Gasteiger partial charge in [-0.3, -0.25) is 0 Å². The Kier molecular flexibility index (Phi) is 7.37. The minimum Gasteiger partial charge on any atom is -0.377 e. The van der Waals surface area contributed by atoms with Gasteiger partial charge in [-0.25, -0.2) is 0 Å². The summed E-state index contributed by atoms with van der Waals surface area (Å²) in [6.45, 7) is 1.08. The van der Waals surface area contributed by atoms with Crippen molar-refractivity contribution in [3.05, 3.63) is 0 Å². The Morgan fingerprint density at radius 1 is 0.800 bits per heavy atom. The topological polar surface area (TPSA) is 21.3 Å². The lowest BCUT2D eigenvalue weighted by Gasteiger charge is -2.41. The number of nitrogens with one attached hydrogen (secondary N) is 1. The molecule has 2 saturated carbocycles. The van der Waals surface area contributed by atoms with Crippen LogP contribution in [0.4, 0.5) is 0 Å². The van der Waals surface area contributed by atoms with Crippen LogP contribution in [0.1, 0.15) is 89.9 Å². The van der Waals surface area contributed by atoms with Gasteiger partial charge in [0.05, 0.1) is 5.60 Å². The normalized spacial score (nSPS) is 26.2. The van der Waals surface area contributed by atoms with E-state index < -0.39 is 0 Å². The van der Waals surface area contributed by atoms with E-state index in [4.69, 9.17) is 4.74 Å². The molecule has 0 heterocycles. The third-order valence-corrected chi connectivity index (χ3v) is 5.52. The molecule has 0 unspecified atom stereocenters. The van der Waals surface area contributed by atoms with E-state index in [9.17, 15) is 0 Å². The molecular formula is C18H35NO. The molecule has 0 radical (unpaired) electrons. The van der Waals surface area contributed by atoms with Crippen LogP contribution in [0.15, 0.2) is 0 Å². The minimum absolute atomic E-state index is 0.184.